The maximum absolute atomic E-state index is 13.1. The van der Waals surface area contributed by atoms with Crippen molar-refractivity contribution in [2.45, 2.75) is 471 Å². The van der Waals surface area contributed by atoms with E-state index in [2.05, 4.69) is 41.5 Å². The van der Waals surface area contributed by atoms with Crippen LogP contribution in [-0.2, 0) is 65.4 Å². The van der Waals surface area contributed by atoms with E-state index >= 15 is 0 Å². The predicted octanol–water partition coefficient (Wildman–Crippen LogP) is 25.8. The van der Waals surface area contributed by atoms with E-state index in [1.807, 2.05) is 0 Å². The van der Waals surface area contributed by atoms with Gasteiger partial charge in [-0.05, 0) is 37.5 Å². The number of aliphatic hydroxyl groups excluding tert-OH is 1. The normalized spacial score (nSPS) is 13.8. The third kappa shape index (κ3) is 78.2. The van der Waals surface area contributed by atoms with Crippen LogP contribution >= 0.6 is 15.6 Å². The number of phosphoric acid groups is 2. The summed E-state index contributed by atoms with van der Waals surface area (Å²) in [6.07, 6.45) is 68.3. The van der Waals surface area contributed by atoms with Crippen molar-refractivity contribution in [3.8, 4) is 0 Å². The van der Waals surface area contributed by atoms with Gasteiger partial charge in [0.2, 0.25) is 0 Å². The first-order valence-corrected chi connectivity index (χ1v) is 47.0. The molecule has 0 aromatic heterocycles. The Morgan fingerprint density at radius 2 is 0.442 bits per heavy atom. The van der Waals surface area contributed by atoms with Crippen LogP contribution in [0.5, 0.6) is 0 Å². The molecule has 2 unspecified atom stereocenters. The quantitative estimate of drug-likeness (QED) is 0.0222. The predicted molar refractivity (Wildman–Crippen MR) is 428 cm³/mol. The van der Waals surface area contributed by atoms with Crippen LogP contribution in [0.15, 0.2) is 0 Å². The van der Waals surface area contributed by atoms with Crippen molar-refractivity contribution in [2.75, 3.05) is 39.6 Å². The standard InChI is InChI=1S/C85H166O17P2/c1-7-9-11-13-15-17-19-21-23-25-26-27-29-33-38-42-46-50-58-63-69-84(89)101-80(73-95-82(87)67-61-55-48-44-40-36-34-30-31-35-39-43-47-53-59-65-77(3)4)75-99-103(91,92)97-71-79(86)72-98-104(93,94)100-76-81(74-96-83(88)68-62-56-52-51-54-60-66-78(5)6)102-85(90)70-64-57-49-45-41-37-32-28-24-22-20-18-16-14-12-10-8-2/h77-81,86H,7-76H2,1-6H3,(H,91,92)(H,93,94)/t79-,80-,81-/m1/s1. The summed E-state index contributed by atoms with van der Waals surface area (Å²) in [4.78, 5) is 73.1. The van der Waals surface area contributed by atoms with E-state index in [0.29, 0.717) is 31.6 Å². The molecule has 0 saturated carbocycles. The monoisotopic (exact) mass is 1520 g/mol. The van der Waals surface area contributed by atoms with Crippen LogP contribution in [-0.4, -0.2) is 96.7 Å². The number of hydrogen-bond donors (Lipinski definition) is 3. The number of unbranched alkanes of at least 4 members (excludes halogenated alkanes) is 54. The fourth-order valence-electron chi connectivity index (χ4n) is 13.2. The van der Waals surface area contributed by atoms with Gasteiger partial charge >= 0.3 is 39.5 Å². The fourth-order valence-corrected chi connectivity index (χ4v) is 14.8. The Morgan fingerprint density at radius 3 is 0.654 bits per heavy atom. The number of aliphatic hydroxyl groups is 1. The summed E-state index contributed by atoms with van der Waals surface area (Å²) in [7, 11) is -9.92. The lowest BCUT2D eigenvalue weighted by Gasteiger charge is -2.21. The number of rotatable bonds is 84. The van der Waals surface area contributed by atoms with Crippen molar-refractivity contribution >= 4 is 39.5 Å². The Kier molecular flexibility index (Phi) is 75.0. The van der Waals surface area contributed by atoms with Gasteiger partial charge in [0.15, 0.2) is 12.2 Å². The molecule has 0 fully saturated rings. The molecule has 17 nitrogen and oxygen atoms in total. The summed E-state index contributed by atoms with van der Waals surface area (Å²) < 4.78 is 68.8. The molecule has 0 aromatic carbocycles. The summed E-state index contributed by atoms with van der Waals surface area (Å²) >= 11 is 0. The first-order valence-electron chi connectivity index (χ1n) is 44.0. The van der Waals surface area contributed by atoms with Crippen molar-refractivity contribution in [1.29, 1.82) is 0 Å². The lowest BCUT2D eigenvalue weighted by Crippen LogP contribution is -2.30. The van der Waals surface area contributed by atoms with Crippen LogP contribution in [0.4, 0.5) is 0 Å². The molecule has 0 aliphatic heterocycles. The number of hydrogen-bond acceptors (Lipinski definition) is 15. The van der Waals surface area contributed by atoms with Crippen molar-refractivity contribution < 1.29 is 80.2 Å². The fraction of sp³-hybridized carbons (Fsp3) is 0.953. The van der Waals surface area contributed by atoms with E-state index in [1.54, 1.807) is 0 Å². The second-order valence-corrected chi connectivity index (χ2v) is 34.4. The number of carbonyl (C=O) groups excluding carboxylic acids is 4. The molecule has 0 rings (SSSR count). The number of ether oxygens (including phenoxy) is 4. The zero-order valence-electron chi connectivity index (χ0n) is 68.3. The van der Waals surface area contributed by atoms with E-state index in [1.165, 1.54) is 263 Å². The minimum atomic E-state index is -4.96. The molecule has 3 N–H and O–H groups in total. The highest BCUT2D eigenvalue weighted by atomic mass is 31.2. The van der Waals surface area contributed by atoms with Crippen molar-refractivity contribution in [3.05, 3.63) is 0 Å². The lowest BCUT2D eigenvalue weighted by atomic mass is 10.0. The number of esters is 4. The zero-order chi connectivity index (χ0) is 76.4. The van der Waals surface area contributed by atoms with Gasteiger partial charge in [-0.2, -0.15) is 0 Å². The molecule has 0 amide bonds. The van der Waals surface area contributed by atoms with Gasteiger partial charge in [-0.3, -0.25) is 37.3 Å². The lowest BCUT2D eigenvalue weighted by molar-refractivity contribution is -0.161. The van der Waals surface area contributed by atoms with Crippen LogP contribution in [0.2, 0.25) is 0 Å². The van der Waals surface area contributed by atoms with Gasteiger partial charge in [-0.1, -0.05) is 401 Å². The van der Waals surface area contributed by atoms with Gasteiger partial charge < -0.3 is 33.8 Å². The summed E-state index contributed by atoms with van der Waals surface area (Å²) in [5, 5.41) is 10.7. The van der Waals surface area contributed by atoms with Crippen LogP contribution in [0, 0.1) is 11.8 Å². The average molecular weight is 1520 g/mol. The van der Waals surface area contributed by atoms with Crippen LogP contribution in [0.3, 0.4) is 0 Å². The minimum absolute atomic E-state index is 0.108. The zero-order valence-corrected chi connectivity index (χ0v) is 70.1. The molecule has 0 aromatic rings. The Morgan fingerprint density at radius 1 is 0.260 bits per heavy atom. The minimum Gasteiger partial charge on any atom is -0.462 e. The van der Waals surface area contributed by atoms with Crippen LogP contribution < -0.4 is 0 Å². The summed E-state index contributed by atoms with van der Waals surface area (Å²) in [6, 6.07) is 0. The summed E-state index contributed by atoms with van der Waals surface area (Å²) in [5.41, 5.74) is 0. The molecule has 0 aliphatic carbocycles. The first-order chi connectivity index (χ1) is 50.4. The Balaban J connectivity index is 5.21. The van der Waals surface area contributed by atoms with Crippen LogP contribution in [0.1, 0.15) is 452 Å². The Hall–Kier alpha value is -1.94. The second-order valence-electron chi connectivity index (χ2n) is 31.5. The topological polar surface area (TPSA) is 237 Å². The molecule has 0 spiro atoms. The van der Waals surface area contributed by atoms with Gasteiger partial charge in [0.05, 0.1) is 26.4 Å². The maximum atomic E-state index is 13.1. The Bertz CT molecular complexity index is 1990. The molecule has 0 saturated heterocycles. The Labute approximate surface area is 638 Å². The van der Waals surface area contributed by atoms with Gasteiger partial charge in [-0.25, -0.2) is 9.13 Å². The molecule has 5 atom stereocenters. The number of carbonyl (C=O) groups is 4. The largest absolute Gasteiger partial charge is 0.472 e. The molecular weight excluding hydrogens is 1350 g/mol. The molecular formula is C85H166O17P2. The van der Waals surface area contributed by atoms with E-state index in [4.69, 9.17) is 37.0 Å². The summed E-state index contributed by atoms with van der Waals surface area (Å²) in [5.74, 6) is -0.620. The van der Waals surface area contributed by atoms with Gasteiger partial charge in [0.25, 0.3) is 0 Å². The second kappa shape index (κ2) is 76.4. The van der Waals surface area contributed by atoms with Crippen LogP contribution in [0.25, 0.3) is 0 Å². The maximum Gasteiger partial charge on any atom is 0.472 e. The van der Waals surface area contributed by atoms with E-state index in [9.17, 15) is 43.2 Å². The van der Waals surface area contributed by atoms with Gasteiger partial charge in [-0.15, -0.1) is 0 Å². The SMILES string of the molecule is CCCCCCCCCCCCCCCCCCCCCCC(=O)O[C@H](COC(=O)CCCCCCCCCCCCCCCCCC(C)C)COP(=O)(O)OC[C@@H](O)COP(=O)(O)OC[C@@H](COC(=O)CCCCCCCCC(C)C)OC(=O)CCCCCCCCCCCCCCCCCCC. The third-order valence-corrected chi connectivity index (χ3v) is 21.9. The smallest absolute Gasteiger partial charge is 0.462 e. The average Bonchev–Trinajstić information content (AvgIpc) is 0.921. The number of phosphoric ester groups is 2. The first kappa shape index (κ1) is 102. The molecule has 19 heteroatoms. The summed E-state index contributed by atoms with van der Waals surface area (Å²) in [6.45, 7) is 9.61. The molecule has 0 aliphatic rings. The highest BCUT2D eigenvalue weighted by Crippen LogP contribution is 2.45. The molecule has 0 heterocycles. The highest BCUT2D eigenvalue weighted by Gasteiger charge is 2.30. The highest BCUT2D eigenvalue weighted by molar-refractivity contribution is 7.47. The van der Waals surface area contributed by atoms with E-state index < -0.39 is 97.5 Å². The molecule has 104 heavy (non-hydrogen) atoms. The molecule has 0 radical (unpaired) electrons. The van der Waals surface area contributed by atoms with E-state index in [-0.39, 0.29) is 25.7 Å². The van der Waals surface area contributed by atoms with Crippen molar-refractivity contribution in [1.82, 2.24) is 0 Å². The molecule has 0 bridgehead atoms. The van der Waals surface area contributed by atoms with Gasteiger partial charge in [0.1, 0.15) is 19.3 Å². The third-order valence-electron chi connectivity index (χ3n) is 20.0. The van der Waals surface area contributed by atoms with Crippen molar-refractivity contribution in [3.63, 3.8) is 0 Å². The van der Waals surface area contributed by atoms with Crippen molar-refractivity contribution in [2.24, 2.45) is 11.8 Å². The van der Waals surface area contributed by atoms with Gasteiger partial charge in [0, 0.05) is 25.7 Å². The van der Waals surface area contributed by atoms with E-state index in [0.717, 1.165) is 102 Å². The molecule has 618 valence electrons.